The molecule has 0 unspecified atom stereocenters. The van der Waals surface area contributed by atoms with Gasteiger partial charge in [-0.3, -0.25) is 14.9 Å². The van der Waals surface area contributed by atoms with Crippen molar-refractivity contribution >= 4 is 22.9 Å². The predicted molar refractivity (Wildman–Crippen MR) is 78.2 cm³/mol. The number of nitro benzene ring substituents is 1. The van der Waals surface area contributed by atoms with Crippen LogP contribution >= 0.6 is 11.3 Å². The van der Waals surface area contributed by atoms with Crippen molar-refractivity contribution in [1.82, 2.24) is 4.90 Å². The molecule has 1 aromatic heterocycles. The second-order valence-corrected chi connectivity index (χ2v) is 5.50. The monoisotopic (exact) mass is 344 g/mol. The maximum absolute atomic E-state index is 12.7. The van der Waals surface area contributed by atoms with E-state index in [1.807, 2.05) is 0 Å². The highest BCUT2D eigenvalue weighted by Gasteiger charge is 2.33. The molecule has 1 aromatic carbocycles. The van der Waals surface area contributed by atoms with Gasteiger partial charge in [0.25, 0.3) is 11.6 Å². The van der Waals surface area contributed by atoms with Gasteiger partial charge in [-0.25, -0.2) is 0 Å². The number of amides is 1. The summed E-state index contributed by atoms with van der Waals surface area (Å²) in [6.07, 6.45) is -4.56. The minimum Gasteiger partial charge on any atom is -0.325 e. The second kappa shape index (κ2) is 6.78. The number of rotatable bonds is 5. The Morgan fingerprint density at radius 2 is 2.04 bits per heavy atom. The van der Waals surface area contributed by atoms with E-state index in [0.717, 1.165) is 6.07 Å². The van der Waals surface area contributed by atoms with E-state index in [2.05, 4.69) is 0 Å². The molecule has 122 valence electrons. The number of benzene rings is 1. The summed E-state index contributed by atoms with van der Waals surface area (Å²) in [4.78, 5) is 23.0. The average Bonchev–Trinajstić information content (AvgIpc) is 2.97. The standard InChI is InChI=1S/C14H11F3N2O3S/c15-14(16,17)9-18(7-10-4-5-23-8-10)13(20)11-2-1-3-12(6-11)19(21)22/h1-6,8H,7,9H2. The Labute approximate surface area is 133 Å². The lowest BCUT2D eigenvalue weighted by Gasteiger charge is -2.23. The first-order valence-electron chi connectivity index (χ1n) is 6.38. The number of halogens is 3. The Bertz CT molecular complexity index is 702. The molecule has 0 saturated heterocycles. The fraction of sp³-hybridized carbons (Fsp3) is 0.214. The quantitative estimate of drug-likeness (QED) is 0.611. The van der Waals surface area contributed by atoms with E-state index in [9.17, 15) is 28.1 Å². The number of carbonyl (C=O) groups excluding carboxylic acids is 1. The topological polar surface area (TPSA) is 63.4 Å². The lowest BCUT2D eigenvalue weighted by atomic mass is 10.1. The van der Waals surface area contributed by atoms with Gasteiger partial charge >= 0.3 is 6.18 Å². The zero-order valence-electron chi connectivity index (χ0n) is 11.6. The van der Waals surface area contributed by atoms with E-state index in [4.69, 9.17) is 0 Å². The van der Waals surface area contributed by atoms with Gasteiger partial charge in [-0.15, -0.1) is 0 Å². The van der Waals surface area contributed by atoms with E-state index in [-0.39, 0.29) is 17.8 Å². The van der Waals surface area contributed by atoms with E-state index >= 15 is 0 Å². The first-order valence-corrected chi connectivity index (χ1v) is 7.32. The van der Waals surface area contributed by atoms with Gasteiger partial charge in [0.1, 0.15) is 6.54 Å². The number of carbonyl (C=O) groups is 1. The van der Waals surface area contributed by atoms with Crippen molar-refractivity contribution in [2.75, 3.05) is 6.54 Å². The normalized spacial score (nSPS) is 11.3. The molecule has 0 saturated carbocycles. The lowest BCUT2D eigenvalue weighted by molar-refractivity contribution is -0.384. The number of nitrogens with zero attached hydrogens (tertiary/aromatic N) is 2. The molecule has 0 atom stereocenters. The molecule has 0 N–H and O–H groups in total. The number of thiophene rings is 1. The minimum absolute atomic E-state index is 0.154. The van der Waals surface area contributed by atoms with Crippen LogP contribution in [0.25, 0.3) is 0 Å². The SMILES string of the molecule is O=C(c1cccc([N+](=O)[O-])c1)N(Cc1ccsc1)CC(F)(F)F. The van der Waals surface area contributed by atoms with Gasteiger partial charge in [-0.2, -0.15) is 24.5 Å². The molecule has 5 nitrogen and oxygen atoms in total. The summed E-state index contributed by atoms with van der Waals surface area (Å²) in [5.41, 5.74) is 0.0649. The number of alkyl halides is 3. The van der Waals surface area contributed by atoms with Crippen molar-refractivity contribution < 1.29 is 22.9 Å². The second-order valence-electron chi connectivity index (χ2n) is 4.72. The molecule has 0 aliphatic rings. The van der Waals surface area contributed by atoms with Crippen LogP contribution in [0.5, 0.6) is 0 Å². The summed E-state index contributed by atoms with van der Waals surface area (Å²) in [5.74, 6) is -0.905. The maximum Gasteiger partial charge on any atom is 0.406 e. The van der Waals surface area contributed by atoms with E-state index < -0.39 is 23.6 Å². The first kappa shape index (κ1) is 16.9. The van der Waals surface area contributed by atoms with Gasteiger partial charge in [0, 0.05) is 24.2 Å². The van der Waals surface area contributed by atoms with Gasteiger partial charge in [0.05, 0.1) is 4.92 Å². The third kappa shape index (κ3) is 4.78. The highest BCUT2D eigenvalue weighted by molar-refractivity contribution is 7.07. The molecule has 0 aliphatic carbocycles. The van der Waals surface area contributed by atoms with Gasteiger partial charge in [0.2, 0.25) is 0 Å². The van der Waals surface area contributed by atoms with Crippen LogP contribution in [-0.2, 0) is 6.54 Å². The number of hydrogen-bond donors (Lipinski definition) is 0. The van der Waals surface area contributed by atoms with E-state index in [0.29, 0.717) is 10.5 Å². The largest absolute Gasteiger partial charge is 0.406 e. The Hall–Kier alpha value is -2.42. The Morgan fingerprint density at radius 1 is 1.30 bits per heavy atom. The van der Waals surface area contributed by atoms with Gasteiger partial charge < -0.3 is 4.90 Å². The Balaban J connectivity index is 2.28. The summed E-state index contributed by atoms with van der Waals surface area (Å²) >= 11 is 1.30. The molecule has 23 heavy (non-hydrogen) atoms. The first-order chi connectivity index (χ1) is 10.8. The molecule has 2 rings (SSSR count). The fourth-order valence-corrected chi connectivity index (χ4v) is 2.61. The minimum atomic E-state index is -4.56. The van der Waals surface area contributed by atoms with Crippen molar-refractivity contribution in [2.45, 2.75) is 12.7 Å². The van der Waals surface area contributed by atoms with Gasteiger partial charge in [-0.05, 0) is 28.5 Å². The molecule has 2 aromatic rings. The third-order valence-electron chi connectivity index (χ3n) is 2.91. The number of nitro groups is 1. The number of hydrogen-bond acceptors (Lipinski definition) is 4. The summed E-state index contributed by atoms with van der Waals surface area (Å²) in [7, 11) is 0. The molecule has 0 bridgehead atoms. The lowest BCUT2D eigenvalue weighted by Crippen LogP contribution is -2.38. The van der Waals surface area contributed by atoms with Gasteiger partial charge in [0.15, 0.2) is 0 Å². The van der Waals surface area contributed by atoms with Crippen LogP contribution in [0.4, 0.5) is 18.9 Å². The van der Waals surface area contributed by atoms with E-state index in [1.54, 1.807) is 16.8 Å². The van der Waals surface area contributed by atoms with Crippen LogP contribution in [0.3, 0.4) is 0 Å². The van der Waals surface area contributed by atoms with Crippen LogP contribution < -0.4 is 0 Å². The maximum atomic E-state index is 12.7. The molecule has 0 aliphatic heterocycles. The van der Waals surface area contributed by atoms with Crippen molar-refractivity contribution in [2.24, 2.45) is 0 Å². The van der Waals surface area contributed by atoms with Crippen molar-refractivity contribution in [3.63, 3.8) is 0 Å². The summed E-state index contributed by atoms with van der Waals surface area (Å²) in [5, 5.41) is 14.1. The number of non-ortho nitro benzene ring substituents is 1. The average molecular weight is 344 g/mol. The predicted octanol–water partition coefficient (Wildman–Crippen LogP) is 3.86. The molecule has 9 heteroatoms. The molecular weight excluding hydrogens is 333 g/mol. The zero-order valence-corrected chi connectivity index (χ0v) is 12.4. The van der Waals surface area contributed by atoms with Crippen molar-refractivity contribution in [3.05, 3.63) is 62.3 Å². The van der Waals surface area contributed by atoms with Gasteiger partial charge in [-0.1, -0.05) is 6.07 Å². The summed E-state index contributed by atoms with van der Waals surface area (Å²) in [6, 6.07) is 6.28. The smallest absolute Gasteiger partial charge is 0.325 e. The molecule has 1 heterocycles. The van der Waals surface area contributed by atoms with Crippen LogP contribution in [-0.4, -0.2) is 28.5 Å². The fourth-order valence-electron chi connectivity index (χ4n) is 1.95. The van der Waals surface area contributed by atoms with Crippen LogP contribution in [0.2, 0.25) is 0 Å². The third-order valence-corrected chi connectivity index (χ3v) is 3.65. The van der Waals surface area contributed by atoms with Crippen molar-refractivity contribution in [1.29, 1.82) is 0 Å². The molecule has 0 spiro atoms. The Morgan fingerprint density at radius 3 is 2.61 bits per heavy atom. The summed E-state index contributed by atoms with van der Waals surface area (Å²) in [6.45, 7) is -1.64. The highest BCUT2D eigenvalue weighted by atomic mass is 32.1. The van der Waals surface area contributed by atoms with E-state index in [1.165, 1.54) is 29.5 Å². The Kier molecular flexibility index (Phi) is 4.99. The molecular formula is C14H11F3N2O3S. The van der Waals surface area contributed by atoms with Crippen LogP contribution in [0, 0.1) is 10.1 Å². The van der Waals surface area contributed by atoms with Crippen LogP contribution in [0.15, 0.2) is 41.1 Å². The summed E-state index contributed by atoms with van der Waals surface area (Å²) < 4.78 is 38.2. The highest BCUT2D eigenvalue weighted by Crippen LogP contribution is 2.22. The zero-order chi connectivity index (χ0) is 17.0. The molecule has 1 amide bonds. The van der Waals surface area contributed by atoms with Crippen LogP contribution in [0.1, 0.15) is 15.9 Å². The van der Waals surface area contributed by atoms with Crippen molar-refractivity contribution in [3.8, 4) is 0 Å². The molecule has 0 fully saturated rings. The molecule has 0 radical (unpaired) electrons.